The number of sulfonamides is 1. The van der Waals surface area contributed by atoms with Gasteiger partial charge in [0, 0.05) is 11.7 Å². The molecule has 124 valence electrons. The third-order valence-electron chi connectivity index (χ3n) is 4.66. The first-order valence-electron chi connectivity index (χ1n) is 8.09. The third-order valence-corrected chi connectivity index (χ3v) is 6.03. The van der Waals surface area contributed by atoms with Gasteiger partial charge >= 0.3 is 0 Å². The van der Waals surface area contributed by atoms with Gasteiger partial charge < -0.3 is 10.2 Å². The summed E-state index contributed by atoms with van der Waals surface area (Å²) in [4.78, 5) is 2.47. The van der Waals surface area contributed by atoms with E-state index < -0.39 is 10.0 Å². The number of amidine groups is 1. The lowest BCUT2D eigenvalue weighted by atomic mass is 9.96. The molecule has 1 atom stereocenters. The average Bonchev–Trinajstić information content (AvgIpc) is 2.57. The van der Waals surface area contributed by atoms with Crippen molar-refractivity contribution < 1.29 is 8.42 Å². The van der Waals surface area contributed by atoms with Crippen molar-refractivity contribution in [3.63, 3.8) is 0 Å². The Labute approximate surface area is 142 Å². The van der Waals surface area contributed by atoms with Crippen LogP contribution in [0.2, 0.25) is 0 Å². The van der Waals surface area contributed by atoms with E-state index >= 15 is 0 Å². The summed E-state index contributed by atoms with van der Waals surface area (Å²) in [6.07, 6.45) is 2.10. The number of nitrogens with zero attached hydrogens (tertiary/aromatic N) is 2. The molecule has 0 unspecified atom stereocenters. The van der Waals surface area contributed by atoms with E-state index in [1.54, 1.807) is 18.2 Å². The standard InChI is InChI=1S/C18H19N3O2S/c1-13-10-11-14-6-2-4-8-16(14)21(13)12-18-19-15-7-3-5-9-17(15)24(22,23)20-18/h2-9,13H,10-12H2,1H3,(H,19,20)/t13-/m0/s1. The quantitative estimate of drug-likeness (QED) is 0.912. The van der Waals surface area contributed by atoms with Crippen molar-refractivity contribution in [2.24, 2.45) is 4.40 Å². The number of rotatable bonds is 2. The number of nitrogens with one attached hydrogen (secondary N) is 1. The van der Waals surface area contributed by atoms with Gasteiger partial charge in [0.15, 0.2) is 0 Å². The number of hydrogen-bond acceptors (Lipinski definition) is 4. The zero-order chi connectivity index (χ0) is 16.7. The number of benzene rings is 2. The second kappa shape index (κ2) is 5.63. The molecule has 0 saturated heterocycles. The second-order valence-electron chi connectivity index (χ2n) is 6.28. The molecule has 0 spiro atoms. The van der Waals surface area contributed by atoms with Gasteiger partial charge in [0.25, 0.3) is 10.0 Å². The first kappa shape index (κ1) is 15.2. The predicted octanol–water partition coefficient (Wildman–Crippen LogP) is 3.04. The summed E-state index contributed by atoms with van der Waals surface area (Å²) in [5.41, 5.74) is 3.06. The first-order valence-corrected chi connectivity index (χ1v) is 9.53. The van der Waals surface area contributed by atoms with Crippen LogP contribution in [0.3, 0.4) is 0 Å². The molecule has 1 N–H and O–H groups in total. The summed E-state index contributed by atoms with van der Waals surface area (Å²) in [6.45, 7) is 2.62. The molecule has 0 saturated carbocycles. The topological polar surface area (TPSA) is 61.8 Å². The summed E-state index contributed by atoms with van der Waals surface area (Å²) in [5, 5.41) is 3.18. The highest BCUT2D eigenvalue weighted by Gasteiger charge is 2.28. The maximum Gasteiger partial charge on any atom is 0.286 e. The van der Waals surface area contributed by atoms with Gasteiger partial charge in [0.2, 0.25) is 0 Å². The molecule has 2 aliphatic heterocycles. The highest BCUT2D eigenvalue weighted by atomic mass is 32.2. The Balaban J connectivity index is 1.69. The van der Waals surface area contributed by atoms with Crippen LogP contribution in [0.1, 0.15) is 18.9 Å². The van der Waals surface area contributed by atoms with Gasteiger partial charge in [0.05, 0.1) is 12.2 Å². The smallest absolute Gasteiger partial charge is 0.286 e. The number of aryl methyl sites for hydroxylation is 1. The monoisotopic (exact) mass is 341 g/mol. The lowest BCUT2D eigenvalue weighted by Gasteiger charge is -2.37. The fourth-order valence-corrected chi connectivity index (χ4v) is 4.54. The third kappa shape index (κ3) is 2.57. The van der Waals surface area contributed by atoms with Gasteiger partial charge in [-0.2, -0.15) is 8.42 Å². The number of hydrogen-bond donors (Lipinski definition) is 1. The van der Waals surface area contributed by atoms with Crippen molar-refractivity contribution in [3.05, 3.63) is 54.1 Å². The van der Waals surface area contributed by atoms with Crippen molar-refractivity contribution in [1.29, 1.82) is 0 Å². The molecule has 0 amide bonds. The molecule has 0 aliphatic carbocycles. The van der Waals surface area contributed by atoms with E-state index in [4.69, 9.17) is 0 Å². The average molecular weight is 341 g/mol. The van der Waals surface area contributed by atoms with Gasteiger partial charge in [-0.25, -0.2) is 0 Å². The minimum Gasteiger partial charge on any atom is -0.361 e. The van der Waals surface area contributed by atoms with Crippen molar-refractivity contribution >= 4 is 27.2 Å². The molecule has 2 aromatic carbocycles. The molecular formula is C18H19N3O2S. The van der Waals surface area contributed by atoms with Crippen LogP contribution in [-0.2, 0) is 16.4 Å². The van der Waals surface area contributed by atoms with Crippen LogP contribution in [0.25, 0.3) is 0 Å². The maximum atomic E-state index is 12.4. The van der Waals surface area contributed by atoms with Crippen LogP contribution in [0, 0.1) is 0 Å². The summed E-state index contributed by atoms with van der Waals surface area (Å²) >= 11 is 0. The number of fused-ring (bicyclic) bond motifs is 2. The van der Waals surface area contributed by atoms with E-state index in [0.717, 1.165) is 18.5 Å². The normalized spacial score (nSPS) is 21.3. The van der Waals surface area contributed by atoms with Crippen LogP contribution in [-0.4, -0.2) is 26.8 Å². The molecule has 2 aliphatic rings. The molecule has 2 heterocycles. The summed E-state index contributed by atoms with van der Waals surface area (Å²) in [7, 11) is -3.64. The van der Waals surface area contributed by atoms with Gasteiger partial charge in [-0.1, -0.05) is 30.3 Å². The Morgan fingerprint density at radius 2 is 1.92 bits per heavy atom. The summed E-state index contributed by atoms with van der Waals surface area (Å²) in [6, 6.07) is 15.5. The van der Waals surface area contributed by atoms with Crippen LogP contribution < -0.4 is 10.2 Å². The Morgan fingerprint density at radius 1 is 1.17 bits per heavy atom. The lowest BCUT2D eigenvalue weighted by molar-refractivity contribution is 0.585. The Morgan fingerprint density at radius 3 is 2.79 bits per heavy atom. The molecule has 0 bridgehead atoms. The summed E-state index contributed by atoms with van der Waals surface area (Å²) in [5.74, 6) is 0.470. The highest BCUT2D eigenvalue weighted by molar-refractivity contribution is 7.90. The lowest BCUT2D eigenvalue weighted by Crippen LogP contribution is -2.43. The number of anilines is 2. The molecule has 4 rings (SSSR count). The van der Waals surface area contributed by atoms with Gasteiger partial charge in [0.1, 0.15) is 10.7 Å². The SMILES string of the molecule is C[C@H]1CCc2ccccc2N1CC1=NS(=O)(=O)c2ccccc2N1. The first-order chi connectivity index (χ1) is 11.5. The van der Waals surface area contributed by atoms with Crippen molar-refractivity contribution in [3.8, 4) is 0 Å². The van der Waals surface area contributed by atoms with Crippen LogP contribution in [0.15, 0.2) is 57.8 Å². The minimum absolute atomic E-state index is 0.237. The number of para-hydroxylation sites is 2. The van der Waals surface area contributed by atoms with Crippen LogP contribution >= 0.6 is 0 Å². The fourth-order valence-electron chi connectivity index (χ4n) is 3.40. The van der Waals surface area contributed by atoms with E-state index in [1.165, 1.54) is 5.56 Å². The molecule has 24 heavy (non-hydrogen) atoms. The van der Waals surface area contributed by atoms with Crippen molar-refractivity contribution in [1.82, 2.24) is 0 Å². The fraction of sp³-hybridized carbons (Fsp3) is 0.278. The van der Waals surface area contributed by atoms with Crippen LogP contribution in [0.5, 0.6) is 0 Å². The van der Waals surface area contributed by atoms with Gasteiger partial charge in [-0.05, 0) is 43.5 Å². The van der Waals surface area contributed by atoms with E-state index in [-0.39, 0.29) is 4.90 Å². The van der Waals surface area contributed by atoms with Gasteiger partial charge in [-0.15, -0.1) is 4.40 Å². The molecule has 5 nitrogen and oxygen atoms in total. The molecule has 0 radical (unpaired) electrons. The molecule has 0 aromatic heterocycles. The largest absolute Gasteiger partial charge is 0.361 e. The second-order valence-corrected chi connectivity index (χ2v) is 7.85. The van der Waals surface area contributed by atoms with E-state index in [1.807, 2.05) is 18.2 Å². The predicted molar refractivity (Wildman–Crippen MR) is 96.3 cm³/mol. The van der Waals surface area contributed by atoms with E-state index in [2.05, 4.69) is 33.7 Å². The minimum atomic E-state index is -3.64. The van der Waals surface area contributed by atoms with Gasteiger partial charge in [-0.3, -0.25) is 0 Å². The zero-order valence-electron chi connectivity index (χ0n) is 13.4. The van der Waals surface area contributed by atoms with Crippen molar-refractivity contribution in [2.45, 2.75) is 30.7 Å². The molecular weight excluding hydrogens is 322 g/mol. The molecule has 0 fully saturated rings. The Kier molecular flexibility index (Phi) is 3.57. The Bertz CT molecular complexity index is 921. The molecule has 2 aromatic rings. The maximum absolute atomic E-state index is 12.4. The summed E-state index contributed by atoms with van der Waals surface area (Å²) < 4.78 is 28.8. The zero-order valence-corrected chi connectivity index (χ0v) is 14.3. The Hall–Kier alpha value is -2.34. The van der Waals surface area contributed by atoms with Crippen molar-refractivity contribution in [2.75, 3.05) is 16.8 Å². The van der Waals surface area contributed by atoms with Crippen LogP contribution in [0.4, 0.5) is 11.4 Å². The van der Waals surface area contributed by atoms with E-state index in [0.29, 0.717) is 24.1 Å². The van der Waals surface area contributed by atoms with E-state index in [9.17, 15) is 8.42 Å². The highest BCUT2D eigenvalue weighted by Crippen LogP contribution is 2.32. The molecule has 6 heteroatoms.